The third-order valence-electron chi connectivity index (χ3n) is 6.48. The molecule has 2 aliphatic rings. The van der Waals surface area contributed by atoms with Crippen LogP contribution < -0.4 is 10.2 Å². The Hall–Kier alpha value is -2.36. The minimum Gasteiger partial charge on any atom is -0.369 e. The Morgan fingerprint density at radius 3 is 2.70 bits per heavy atom. The molecule has 0 unspecified atom stereocenters. The van der Waals surface area contributed by atoms with Crippen LogP contribution in [0.3, 0.4) is 0 Å². The fourth-order valence-corrected chi connectivity index (χ4v) is 5.77. The standard InChI is InChI=1S/C24H30N4OS/c1-17-6-5-8-21(18(17)2)28-14-12-27(13-15-28)11-10-23(29)26-24-20(16-25)19-7-3-4-9-22(19)30-24/h5-6,8H,3-4,7,9-15H2,1-2H3,(H,26,29). The molecule has 0 spiro atoms. The maximum atomic E-state index is 12.6. The zero-order chi connectivity index (χ0) is 21.1. The molecule has 6 heteroatoms. The van der Waals surface area contributed by atoms with Crippen LogP contribution in [0, 0.1) is 25.2 Å². The maximum absolute atomic E-state index is 12.6. The van der Waals surface area contributed by atoms with E-state index in [9.17, 15) is 10.1 Å². The second-order valence-corrected chi connectivity index (χ2v) is 9.48. The summed E-state index contributed by atoms with van der Waals surface area (Å²) in [5.41, 5.74) is 5.89. The zero-order valence-corrected chi connectivity index (χ0v) is 18.8. The number of hydrogen-bond acceptors (Lipinski definition) is 5. The van der Waals surface area contributed by atoms with Crippen LogP contribution in [0.2, 0.25) is 0 Å². The van der Waals surface area contributed by atoms with Crippen LogP contribution in [0.5, 0.6) is 0 Å². The molecule has 5 nitrogen and oxygen atoms in total. The molecule has 2 heterocycles. The molecule has 1 aliphatic heterocycles. The molecule has 0 saturated carbocycles. The highest BCUT2D eigenvalue weighted by molar-refractivity contribution is 7.16. The number of aryl methyl sites for hydroxylation is 2. The molecule has 0 bridgehead atoms. The second kappa shape index (κ2) is 9.20. The van der Waals surface area contributed by atoms with Gasteiger partial charge in [0, 0.05) is 49.7 Å². The van der Waals surface area contributed by atoms with Crippen molar-refractivity contribution < 1.29 is 4.79 Å². The summed E-state index contributed by atoms with van der Waals surface area (Å²) < 4.78 is 0. The third kappa shape index (κ3) is 4.38. The molecule has 1 saturated heterocycles. The SMILES string of the molecule is Cc1cccc(N2CCN(CCC(=O)Nc3sc4c(c3C#N)CCCC4)CC2)c1C. The van der Waals surface area contributed by atoms with Gasteiger partial charge >= 0.3 is 0 Å². The van der Waals surface area contributed by atoms with Gasteiger partial charge in [-0.1, -0.05) is 12.1 Å². The van der Waals surface area contributed by atoms with Crippen molar-refractivity contribution in [2.75, 3.05) is 42.9 Å². The molecule has 30 heavy (non-hydrogen) atoms. The summed E-state index contributed by atoms with van der Waals surface area (Å²) in [7, 11) is 0. The molecular weight excluding hydrogens is 392 g/mol. The minimum absolute atomic E-state index is 0.0158. The quantitative estimate of drug-likeness (QED) is 0.782. The topological polar surface area (TPSA) is 59.4 Å². The van der Waals surface area contributed by atoms with Crippen molar-refractivity contribution in [2.45, 2.75) is 46.0 Å². The van der Waals surface area contributed by atoms with E-state index in [0.29, 0.717) is 12.0 Å². The van der Waals surface area contributed by atoms with Crippen LogP contribution in [-0.4, -0.2) is 43.5 Å². The number of hydrogen-bond donors (Lipinski definition) is 1. The highest BCUT2D eigenvalue weighted by Gasteiger charge is 2.23. The van der Waals surface area contributed by atoms with Crippen LogP contribution in [0.25, 0.3) is 0 Å². The first-order valence-corrected chi connectivity index (χ1v) is 11.8. The van der Waals surface area contributed by atoms with Gasteiger partial charge in [0.15, 0.2) is 0 Å². The first kappa shape index (κ1) is 20.9. The number of piperazine rings is 1. The number of amides is 1. The number of rotatable bonds is 5. The predicted molar refractivity (Wildman–Crippen MR) is 123 cm³/mol. The van der Waals surface area contributed by atoms with Gasteiger partial charge in [0.05, 0.1) is 5.56 Å². The van der Waals surface area contributed by atoms with E-state index < -0.39 is 0 Å². The molecule has 0 atom stereocenters. The van der Waals surface area contributed by atoms with Gasteiger partial charge in [-0.2, -0.15) is 5.26 Å². The van der Waals surface area contributed by atoms with E-state index in [1.807, 2.05) is 0 Å². The van der Waals surface area contributed by atoms with Crippen LogP contribution in [0.1, 0.15) is 46.4 Å². The zero-order valence-electron chi connectivity index (χ0n) is 18.0. The Bertz CT molecular complexity index is 966. The van der Waals surface area contributed by atoms with Crippen molar-refractivity contribution in [1.29, 1.82) is 5.26 Å². The minimum atomic E-state index is 0.0158. The molecule has 158 valence electrons. The van der Waals surface area contributed by atoms with E-state index in [1.54, 1.807) is 11.3 Å². The van der Waals surface area contributed by atoms with E-state index in [-0.39, 0.29) is 5.91 Å². The van der Waals surface area contributed by atoms with Crippen molar-refractivity contribution in [3.05, 3.63) is 45.3 Å². The third-order valence-corrected chi connectivity index (χ3v) is 7.69. The highest BCUT2D eigenvalue weighted by Crippen LogP contribution is 2.37. The van der Waals surface area contributed by atoms with Crippen molar-refractivity contribution in [3.63, 3.8) is 0 Å². The maximum Gasteiger partial charge on any atom is 0.226 e. The van der Waals surface area contributed by atoms with Gasteiger partial charge in [0.2, 0.25) is 5.91 Å². The van der Waals surface area contributed by atoms with E-state index >= 15 is 0 Å². The number of carbonyl (C=O) groups excluding carboxylic acids is 1. The first-order valence-electron chi connectivity index (χ1n) is 10.9. The lowest BCUT2D eigenvalue weighted by Crippen LogP contribution is -2.47. The van der Waals surface area contributed by atoms with Crippen LogP contribution in [0.15, 0.2) is 18.2 Å². The number of fused-ring (bicyclic) bond motifs is 1. The van der Waals surface area contributed by atoms with Gasteiger partial charge in [-0.05, 0) is 62.3 Å². The normalized spacial score (nSPS) is 16.8. The number of nitrogens with one attached hydrogen (secondary N) is 1. The lowest BCUT2D eigenvalue weighted by Gasteiger charge is -2.37. The number of carbonyl (C=O) groups is 1. The lowest BCUT2D eigenvalue weighted by molar-refractivity contribution is -0.116. The molecule has 1 amide bonds. The number of benzene rings is 1. The van der Waals surface area contributed by atoms with E-state index in [2.05, 4.69) is 53.2 Å². The lowest BCUT2D eigenvalue weighted by atomic mass is 9.96. The number of thiophene rings is 1. The predicted octanol–water partition coefficient (Wildman–Crippen LogP) is 4.27. The molecule has 1 aromatic heterocycles. The van der Waals surface area contributed by atoms with Crippen molar-refractivity contribution in [3.8, 4) is 6.07 Å². The Labute approximate surface area is 183 Å². The summed E-state index contributed by atoms with van der Waals surface area (Å²) in [5, 5.41) is 13.3. The van der Waals surface area contributed by atoms with Crippen molar-refractivity contribution >= 4 is 27.9 Å². The molecular formula is C24H30N4OS. The molecule has 1 aliphatic carbocycles. The first-order chi connectivity index (χ1) is 14.6. The van der Waals surface area contributed by atoms with E-state index in [4.69, 9.17) is 0 Å². The van der Waals surface area contributed by atoms with Gasteiger partial charge in [-0.15, -0.1) is 11.3 Å². The van der Waals surface area contributed by atoms with Crippen LogP contribution in [-0.2, 0) is 17.6 Å². The summed E-state index contributed by atoms with van der Waals surface area (Å²) in [6.45, 7) is 9.03. The fourth-order valence-electron chi connectivity index (χ4n) is 4.51. The molecule has 4 rings (SSSR count). The summed E-state index contributed by atoms with van der Waals surface area (Å²) in [6, 6.07) is 8.82. The van der Waals surface area contributed by atoms with Crippen LogP contribution in [0.4, 0.5) is 10.7 Å². The average Bonchev–Trinajstić information content (AvgIpc) is 3.11. The largest absolute Gasteiger partial charge is 0.369 e. The molecule has 2 aromatic rings. The number of nitrogens with zero attached hydrogens (tertiary/aromatic N) is 3. The van der Waals surface area contributed by atoms with Gasteiger partial charge in [0.1, 0.15) is 11.1 Å². The van der Waals surface area contributed by atoms with Crippen molar-refractivity contribution in [2.24, 2.45) is 0 Å². The smallest absolute Gasteiger partial charge is 0.226 e. The Kier molecular flexibility index (Phi) is 6.40. The van der Waals surface area contributed by atoms with Crippen LogP contribution >= 0.6 is 11.3 Å². The molecule has 1 fully saturated rings. The summed E-state index contributed by atoms with van der Waals surface area (Å²) in [4.78, 5) is 18.7. The number of nitriles is 1. The van der Waals surface area contributed by atoms with Gasteiger partial charge in [-0.3, -0.25) is 9.69 Å². The summed E-state index contributed by atoms with van der Waals surface area (Å²) in [5.74, 6) is 0.0158. The summed E-state index contributed by atoms with van der Waals surface area (Å²) >= 11 is 1.60. The Balaban J connectivity index is 1.28. The average molecular weight is 423 g/mol. The molecule has 0 radical (unpaired) electrons. The second-order valence-electron chi connectivity index (χ2n) is 8.37. The van der Waals surface area contributed by atoms with Crippen molar-refractivity contribution in [1.82, 2.24) is 4.90 Å². The van der Waals surface area contributed by atoms with E-state index in [0.717, 1.165) is 57.0 Å². The fraction of sp³-hybridized carbons (Fsp3) is 0.500. The highest BCUT2D eigenvalue weighted by atomic mass is 32.1. The Morgan fingerprint density at radius 2 is 1.93 bits per heavy atom. The molecule has 1 N–H and O–H groups in total. The van der Waals surface area contributed by atoms with Gasteiger partial charge in [0.25, 0.3) is 0 Å². The number of anilines is 2. The van der Waals surface area contributed by atoms with E-state index in [1.165, 1.54) is 33.7 Å². The van der Waals surface area contributed by atoms with Gasteiger partial charge in [-0.25, -0.2) is 0 Å². The summed E-state index contributed by atoms with van der Waals surface area (Å²) in [6.07, 6.45) is 4.79. The van der Waals surface area contributed by atoms with Gasteiger partial charge < -0.3 is 10.2 Å². The Morgan fingerprint density at radius 1 is 1.17 bits per heavy atom. The molecule has 1 aromatic carbocycles. The monoisotopic (exact) mass is 422 g/mol.